The number of hydrogen-bond acceptors (Lipinski definition) is 7. The van der Waals surface area contributed by atoms with Crippen LogP contribution in [0, 0.1) is 0 Å². The van der Waals surface area contributed by atoms with Crippen LogP contribution >= 0.6 is 0 Å². The number of fused-ring (bicyclic) bond motifs is 1. The van der Waals surface area contributed by atoms with Crippen molar-refractivity contribution in [1.29, 1.82) is 0 Å². The fourth-order valence-corrected chi connectivity index (χ4v) is 5.09. The molecule has 1 amide bonds. The number of furan rings is 1. The van der Waals surface area contributed by atoms with Gasteiger partial charge in [-0.1, -0.05) is 19.4 Å². The molecule has 1 saturated heterocycles. The molecular formula is C31H33NO7. The van der Waals surface area contributed by atoms with E-state index in [4.69, 9.17) is 18.6 Å². The van der Waals surface area contributed by atoms with Crippen molar-refractivity contribution in [2.75, 3.05) is 13.2 Å². The second-order valence-corrected chi connectivity index (χ2v) is 9.80. The van der Waals surface area contributed by atoms with E-state index in [0.29, 0.717) is 48.0 Å². The number of unbranched alkanes of at least 4 members (excludes halogenated alkanes) is 1. The quantitative estimate of drug-likeness (QED) is 0.153. The maximum absolute atomic E-state index is 13.5. The molecule has 1 N–H and O–H groups in total. The minimum Gasteiger partial charge on any atom is -0.507 e. The highest BCUT2D eigenvalue weighted by Crippen LogP contribution is 2.43. The van der Waals surface area contributed by atoms with Gasteiger partial charge in [0.15, 0.2) is 11.5 Å². The summed E-state index contributed by atoms with van der Waals surface area (Å²) in [7, 11) is 0. The first-order valence-electron chi connectivity index (χ1n) is 13.4. The average Bonchev–Trinajstić information content (AvgIpc) is 3.63. The van der Waals surface area contributed by atoms with Crippen LogP contribution in [0.4, 0.5) is 0 Å². The zero-order valence-electron chi connectivity index (χ0n) is 22.4. The Balaban J connectivity index is 1.60. The topological polar surface area (TPSA) is 98.4 Å². The summed E-state index contributed by atoms with van der Waals surface area (Å²) < 4.78 is 23.1. The molecule has 204 valence electrons. The van der Waals surface area contributed by atoms with Gasteiger partial charge in [0.2, 0.25) is 0 Å². The zero-order valence-corrected chi connectivity index (χ0v) is 22.4. The van der Waals surface area contributed by atoms with Crippen LogP contribution in [0.15, 0.2) is 64.8 Å². The van der Waals surface area contributed by atoms with Crippen molar-refractivity contribution in [2.24, 2.45) is 0 Å². The molecule has 0 unspecified atom stereocenters. The molecule has 5 rings (SSSR count). The van der Waals surface area contributed by atoms with E-state index in [1.165, 1.54) is 11.2 Å². The fraction of sp³-hybridized carbons (Fsp3) is 0.355. The van der Waals surface area contributed by atoms with Crippen molar-refractivity contribution in [3.8, 4) is 17.2 Å². The number of ketones is 1. The van der Waals surface area contributed by atoms with Gasteiger partial charge in [0.05, 0.1) is 37.6 Å². The Hall–Kier alpha value is -4.20. The lowest BCUT2D eigenvalue weighted by molar-refractivity contribution is -0.140. The van der Waals surface area contributed by atoms with Gasteiger partial charge in [-0.2, -0.15) is 0 Å². The Labute approximate surface area is 227 Å². The van der Waals surface area contributed by atoms with Crippen LogP contribution < -0.4 is 14.2 Å². The van der Waals surface area contributed by atoms with Gasteiger partial charge >= 0.3 is 0 Å². The highest BCUT2D eigenvalue weighted by Gasteiger charge is 2.46. The van der Waals surface area contributed by atoms with Crippen LogP contribution in [0.2, 0.25) is 0 Å². The van der Waals surface area contributed by atoms with E-state index in [1.54, 1.807) is 42.5 Å². The van der Waals surface area contributed by atoms with Gasteiger partial charge in [-0.05, 0) is 73.9 Å². The summed E-state index contributed by atoms with van der Waals surface area (Å²) in [6.45, 7) is 6.97. The van der Waals surface area contributed by atoms with Crippen LogP contribution in [-0.2, 0) is 22.6 Å². The number of likely N-dealkylation sites (tertiary alicyclic amines) is 1. The number of nitrogens with zero attached hydrogens (tertiary/aromatic N) is 1. The van der Waals surface area contributed by atoms with Crippen molar-refractivity contribution < 1.29 is 33.3 Å². The molecular weight excluding hydrogens is 498 g/mol. The minimum atomic E-state index is -0.859. The molecule has 2 aliphatic rings. The number of aliphatic hydroxyl groups excluding tert-OH is 1. The summed E-state index contributed by atoms with van der Waals surface area (Å²) in [4.78, 5) is 28.2. The van der Waals surface area contributed by atoms with Gasteiger partial charge in [-0.3, -0.25) is 9.59 Å². The molecule has 3 heterocycles. The van der Waals surface area contributed by atoms with E-state index in [0.717, 1.165) is 24.2 Å². The highest BCUT2D eigenvalue weighted by atomic mass is 16.5. The third-order valence-electron chi connectivity index (χ3n) is 6.95. The number of aliphatic hydroxyl groups is 1. The first-order chi connectivity index (χ1) is 18.9. The normalized spacial score (nSPS) is 19.7. The largest absolute Gasteiger partial charge is 0.507 e. The van der Waals surface area contributed by atoms with E-state index in [-0.39, 0.29) is 24.0 Å². The molecule has 0 radical (unpaired) electrons. The number of carbonyl (C=O) groups excluding carboxylic acids is 2. The van der Waals surface area contributed by atoms with Crippen molar-refractivity contribution in [2.45, 2.75) is 58.7 Å². The van der Waals surface area contributed by atoms with Gasteiger partial charge in [0, 0.05) is 12.0 Å². The Morgan fingerprint density at radius 3 is 2.67 bits per heavy atom. The lowest BCUT2D eigenvalue weighted by atomic mass is 9.94. The molecule has 8 heteroatoms. The third-order valence-corrected chi connectivity index (χ3v) is 6.95. The number of carbonyl (C=O) groups is 2. The molecule has 8 nitrogen and oxygen atoms in total. The van der Waals surface area contributed by atoms with Crippen LogP contribution in [-0.4, -0.2) is 41.0 Å². The van der Waals surface area contributed by atoms with E-state index in [1.807, 2.05) is 19.9 Å². The second kappa shape index (κ2) is 11.3. The molecule has 0 bridgehead atoms. The Bertz CT molecular complexity index is 1390. The average molecular weight is 532 g/mol. The highest BCUT2D eigenvalue weighted by molar-refractivity contribution is 6.46. The van der Waals surface area contributed by atoms with E-state index >= 15 is 0 Å². The second-order valence-electron chi connectivity index (χ2n) is 9.80. The van der Waals surface area contributed by atoms with Crippen LogP contribution in [0.3, 0.4) is 0 Å². The number of ether oxygens (including phenoxy) is 3. The van der Waals surface area contributed by atoms with Gasteiger partial charge in [-0.15, -0.1) is 0 Å². The van der Waals surface area contributed by atoms with Gasteiger partial charge < -0.3 is 28.6 Å². The lowest BCUT2D eigenvalue weighted by Gasteiger charge is -2.25. The van der Waals surface area contributed by atoms with E-state index in [9.17, 15) is 14.7 Å². The first-order valence-corrected chi connectivity index (χ1v) is 13.4. The lowest BCUT2D eigenvalue weighted by Crippen LogP contribution is -2.29. The van der Waals surface area contributed by atoms with Crippen LogP contribution in [0.25, 0.3) is 5.76 Å². The maximum Gasteiger partial charge on any atom is 0.296 e. The van der Waals surface area contributed by atoms with Gasteiger partial charge in [-0.25, -0.2) is 0 Å². The maximum atomic E-state index is 13.5. The number of benzene rings is 2. The summed E-state index contributed by atoms with van der Waals surface area (Å²) in [6, 6.07) is 13.3. The van der Waals surface area contributed by atoms with Crippen molar-refractivity contribution in [3.05, 3.63) is 82.8 Å². The minimum absolute atomic E-state index is 0.0144. The van der Waals surface area contributed by atoms with Crippen LogP contribution in [0.1, 0.15) is 62.1 Å². The number of hydrogen-bond donors (Lipinski definition) is 1. The molecule has 0 saturated carbocycles. The Kier molecular flexibility index (Phi) is 7.63. The summed E-state index contributed by atoms with van der Waals surface area (Å²) >= 11 is 0. The standard InChI is InChI=1S/C31H33NO7/c1-4-6-13-38-25-12-9-20(17-26(25)36-5-2)28-27(30(34)31(35)32(28)18-23-8-7-14-37-23)29(33)21-10-11-24-22(16-21)15-19(3)39-24/h7-12,14,16-17,19,28,33H,4-6,13,15,18H2,1-3H3/t19-,28-/m1/s1. The fourth-order valence-electron chi connectivity index (χ4n) is 5.09. The predicted molar refractivity (Wildman–Crippen MR) is 145 cm³/mol. The molecule has 0 aliphatic carbocycles. The third kappa shape index (κ3) is 5.24. The molecule has 1 fully saturated rings. The van der Waals surface area contributed by atoms with Crippen molar-refractivity contribution in [3.63, 3.8) is 0 Å². The first kappa shape index (κ1) is 26.4. The summed E-state index contributed by atoms with van der Waals surface area (Å²) in [5, 5.41) is 11.5. The van der Waals surface area contributed by atoms with Crippen molar-refractivity contribution in [1.82, 2.24) is 4.90 Å². The predicted octanol–water partition coefficient (Wildman–Crippen LogP) is 5.80. The molecule has 1 aromatic heterocycles. The van der Waals surface area contributed by atoms with Crippen LogP contribution in [0.5, 0.6) is 17.2 Å². The summed E-state index contributed by atoms with van der Waals surface area (Å²) in [6.07, 6.45) is 4.15. The Morgan fingerprint density at radius 2 is 1.92 bits per heavy atom. The number of Topliss-reactive ketones (excluding diaryl/α,β-unsaturated/α-hetero) is 1. The zero-order chi connectivity index (χ0) is 27.5. The Morgan fingerprint density at radius 1 is 1.08 bits per heavy atom. The smallest absolute Gasteiger partial charge is 0.296 e. The summed E-state index contributed by atoms with van der Waals surface area (Å²) in [5.74, 6) is 0.684. The number of rotatable bonds is 10. The SMILES string of the molecule is CCCCOc1ccc([C@@H]2C(=C(O)c3ccc4c(c3)C[C@@H](C)O4)C(=O)C(=O)N2Cc2ccco2)cc1OCC. The van der Waals surface area contributed by atoms with Gasteiger partial charge in [0.25, 0.3) is 11.7 Å². The monoisotopic (exact) mass is 531 g/mol. The molecule has 0 spiro atoms. The van der Waals surface area contributed by atoms with E-state index < -0.39 is 17.7 Å². The molecule has 2 aromatic carbocycles. The summed E-state index contributed by atoms with van der Waals surface area (Å²) in [5.41, 5.74) is 2.03. The molecule has 39 heavy (non-hydrogen) atoms. The van der Waals surface area contributed by atoms with Crippen molar-refractivity contribution >= 4 is 17.4 Å². The molecule has 2 atom stereocenters. The van der Waals surface area contributed by atoms with E-state index in [2.05, 4.69) is 6.92 Å². The molecule has 3 aromatic rings. The van der Waals surface area contributed by atoms with Gasteiger partial charge in [0.1, 0.15) is 23.4 Å². The molecule has 2 aliphatic heterocycles. The number of amides is 1.